The molecule has 0 aliphatic heterocycles. The van der Waals surface area contributed by atoms with E-state index in [4.69, 9.17) is 4.98 Å². The zero-order valence-electron chi connectivity index (χ0n) is 27.7. The van der Waals surface area contributed by atoms with Crippen LogP contribution >= 0.6 is 0 Å². The zero-order chi connectivity index (χ0) is 33.5. The Morgan fingerprint density at radius 2 is 0.980 bits per heavy atom. The SMILES string of the molecule is c1ccc(-n2c3ccc(-c4ccccc4C4c5ccccc5-c5cc(-n6c7ccccc7c7ccccc76)ccc54)cc3c3cccnc32)cc1. The minimum absolute atomic E-state index is 0.114. The van der Waals surface area contributed by atoms with Gasteiger partial charge < -0.3 is 4.57 Å². The molecule has 0 amide bonds. The molecule has 51 heavy (non-hydrogen) atoms. The molecule has 11 rings (SSSR count). The molecule has 1 atom stereocenters. The molecule has 1 unspecified atom stereocenters. The number of benzene rings is 7. The van der Waals surface area contributed by atoms with E-state index in [9.17, 15) is 0 Å². The first-order valence-corrected chi connectivity index (χ1v) is 17.6. The predicted octanol–water partition coefficient (Wildman–Crippen LogP) is 12.1. The van der Waals surface area contributed by atoms with Crippen molar-refractivity contribution in [3.05, 3.63) is 199 Å². The summed E-state index contributed by atoms with van der Waals surface area (Å²) in [6.45, 7) is 0. The van der Waals surface area contributed by atoms with Crippen molar-refractivity contribution in [1.82, 2.24) is 14.1 Å². The van der Waals surface area contributed by atoms with Crippen LogP contribution in [-0.4, -0.2) is 14.1 Å². The topological polar surface area (TPSA) is 22.8 Å². The van der Waals surface area contributed by atoms with Crippen LogP contribution in [0, 0.1) is 0 Å². The number of hydrogen-bond acceptors (Lipinski definition) is 1. The van der Waals surface area contributed by atoms with Gasteiger partial charge in [-0.1, -0.05) is 115 Å². The van der Waals surface area contributed by atoms with Gasteiger partial charge in [0, 0.05) is 45.0 Å². The summed E-state index contributed by atoms with van der Waals surface area (Å²) in [5.41, 5.74) is 16.0. The van der Waals surface area contributed by atoms with Gasteiger partial charge in [0.25, 0.3) is 0 Å². The van der Waals surface area contributed by atoms with Gasteiger partial charge in [0.1, 0.15) is 5.65 Å². The summed E-state index contributed by atoms with van der Waals surface area (Å²) in [5.74, 6) is 0.114. The maximum atomic E-state index is 4.85. The number of para-hydroxylation sites is 3. The quantitative estimate of drug-likeness (QED) is 0.186. The highest BCUT2D eigenvalue weighted by atomic mass is 15.0. The normalized spacial score (nSPS) is 13.7. The Labute approximate surface area is 295 Å². The summed E-state index contributed by atoms with van der Waals surface area (Å²) < 4.78 is 4.70. The summed E-state index contributed by atoms with van der Waals surface area (Å²) in [6.07, 6.45) is 1.89. The van der Waals surface area contributed by atoms with E-state index in [0.29, 0.717) is 0 Å². The van der Waals surface area contributed by atoms with E-state index in [-0.39, 0.29) is 5.92 Å². The van der Waals surface area contributed by atoms with Crippen molar-refractivity contribution >= 4 is 43.7 Å². The van der Waals surface area contributed by atoms with Crippen molar-refractivity contribution in [3.8, 4) is 33.6 Å². The Kier molecular flexibility index (Phi) is 6.02. The maximum absolute atomic E-state index is 4.85. The molecule has 238 valence electrons. The molecule has 0 radical (unpaired) electrons. The number of aromatic nitrogens is 3. The van der Waals surface area contributed by atoms with Crippen molar-refractivity contribution in [2.24, 2.45) is 0 Å². The van der Waals surface area contributed by atoms with Gasteiger partial charge in [-0.15, -0.1) is 0 Å². The number of hydrogen-bond donors (Lipinski definition) is 0. The third kappa shape index (κ3) is 4.09. The number of fused-ring (bicyclic) bond motifs is 9. The molecular formula is C48H31N3. The van der Waals surface area contributed by atoms with Crippen molar-refractivity contribution in [1.29, 1.82) is 0 Å². The average Bonchev–Trinajstić information content (AvgIpc) is 3.83. The molecule has 3 heteroatoms. The van der Waals surface area contributed by atoms with Gasteiger partial charge in [-0.05, 0) is 99.6 Å². The summed E-state index contributed by atoms with van der Waals surface area (Å²) in [7, 11) is 0. The van der Waals surface area contributed by atoms with Crippen LogP contribution in [0.4, 0.5) is 0 Å². The average molecular weight is 650 g/mol. The zero-order valence-corrected chi connectivity index (χ0v) is 27.7. The standard InChI is InChI=1S/C48H31N3/c1-2-13-32(14-3-1)51-46-27-24-31(29-43(46)41-21-12-28-49-48(41)51)34-15-4-6-19-38(34)47-39-20-7-5-16-35(39)42-30-33(25-26-40(42)47)50-44-22-10-8-17-36(44)37-18-9-11-23-45(37)50/h1-30,47H. The van der Waals surface area contributed by atoms with Crippen LogP contribution in [0.25, 0.3) is 77.4 Å². The molecule has 3 nitrogen and oxygen atoms in total. The van der Waals surface area contributed by atoms with Crippen LogP contribution in [0.2, 0.25) is 0 Å². The van der Waals surface area contributed by atoms with Gasteiger partial charge in [-0.2, -0.15) is 0 Å². The van der Waals surface area contributed by atoms with E-state index >= 15 is 0 Å². The lowest BCUT2D eigenvalue weighted by Crippen LogP contribution is -2.02. The lowest BCUT2D eigenvalue weighted by atomic mass is 9.84. The van der Waals surface area contributed by atoms with Crippen LogP contribution in [0.3, 0.4) is 0 Å². The summed E-state index contributed by atoms with van der Waals surface area (Å²) in [5, 5.41) is 4.92. The Hall–Kier alpha value is -6.71. The van der Waals surface area contributed by atoms with Crippen LogP contribution in [0.1, 0.15) is 22.6 Å². The molecule has 1 aliphatic rings. The molecular weight excluding hydrogens is 619 g/mol. The fourth-order valence-corrected chi connectivity index (χ4v) is 8.73. The van der Waals surface area contributed by atoms with Gasteiger partial charge in [0.2, 0.25) is 0 Å². The first-order valence-electron chi connectivity index (χ1n) is 17.6. The highest BCUT2D eigenvalue weighted by Crippen LogP contribution is 2.51. The molecule has 0 spiro atoms. The summed E-state index contributed by atoms with van der Waals surface area (Å²) in [4.78, 5) is 4.85. The molecule has 0 N–H and O–H groups in total. The molecule has 0 saturated heterocycles. The van der Waals surface area contributed by atoms with E-state index in [2.05, 4.69) is 179 Å². The fourth-order valence-electron chi connectivity index (χ4n) is 8.73. The third-order valence-corrected chi connectivity index (χ3v) is 10.9. The molecule has 0 saturated carbocycles. The molecule has 3 heterocycles. The second-order valence-electron chi connectivity index (χ2n) is 13.5. The molecule has 1 aliphatic carbocycles. The van der Waals surface area contributed by atoms with Gasteiger partial charge >= 0.3 is 0 Å². The van der Waals surface area contributed by atoms with E-state index in [0.717, 1.165) is 22.2 Å². The summed E-state index contributed by atoms with van der Waals surface area (Å²) >= 11 is 0. The molecule has 10 aromatic rings. The van der Waals surface area contributed by atoms with Gasteiger partial charge in [-0.3, -0.25) is 4.57 Å². The van der Waals surface area contributed by atoms with Crippen molar-refractivity contribution < 1.29 is 0 Å². The lowest BCUT2D eigenvalue weighted by Gasteiger charge is -2.19. The first kappa shape index (κ1) is 28.2. The molecule has 7 aromatic carbocycles. The number of pyridine rings is 1. The number of rotatable bonds is 4. The van der Waals surface area contributed by atoms with Crippen LogP contribution < -0.4 is 0 Å². The maximum Gasteiger partial charge on any atom is 0.145 e. The molecule has 3 aromatic heterocycles. The minimum Gasteiger partial charge on any atom is -0.309 e. The second-order valence-corrected chi connectivity index (χ2v) is 13.5. The Morgan fingerprint density at radius 1 is 0.373 bits per heavy atom. The highest BCUT2D eigenvalue weighted by Gasteiger charge is 2.32. The van der Waals surface area contributed by atoms with Crippen LogP contribution in [-0.2, 0) is 0 Å². The summed E-state index contributed by atoms with van der Waals surface area (Å²) in [6, 6.07) is 64.2. The largest absolute Gasteiger partial charge is 0.309 e. The van der Waals surface area contributed by atoms with E-state index in [1.807, 2.05) is 12.3 Å². The van der Waals surface area contributed by atoms with E-state index < -0.39 is 0 Å². The lowest BCUT2D eigenvalue weighted by molar-refractivity contribution is 1.02. The fraction of sp³-hybridized carbons (Fsp3) is 0.0208. The van der Waals surface area contributed by atoms with Crippen molar-refractivity contribution in [2.45, 2.75) is 5.92 Å². The third-order valence-electron chi connectivity index (χ3n) is 10.9. The van der Waals surface area contributed by atoms with Gasteiger partial charge in [0.15, 0.2) is 0 Å². The van der Waals surface area contributed by atoms with Gasteiger partial charge in [0.05, 0.1) is 16.6 Å². The van der Waals surface area contributed by atoms with Crippen LogP contribution in [0.5, 0.6) is 0 Å². The van der Waals surface area contributed by atoms with E-state index in [1.54, 1.807) is 0 Å². The van der Waals surface area contributed by atoms with E-state index in [1.165, 1.54) is 71.8 Å². The smallest absolute Gasteiger partial charge is 0.145 e. The van der Waals surface area contributed by atoms with Crippen molar-refractivity contribution in [2.75, 3.05) is 0 Å². The van der Waals surface area contributed by atoms with Gasteiger partial charge in [-0.25, -0.2) is 4.98 Å². The Balaban J connectivity index is 1.10. The highest BCUT2D eigenvalue weighted by molar-refractivity contribution is 6.10. The number of nitrogens with zero attached hydrogens (tertiary/aromatic N) is 3. The monoisotopic (exact) mass is 649 g/mol. The van der Waals surface area contributed by atoms with Crippen molar-refractivity contribution in [3.63, 3.8) is 0 Å². The predicted molar refractivity (Wildman–Crippen MR) is 211 cm³/mol. The minimum atomic E-state index is 0.114. The second kappa shape index (κ2) is 10.9. The molecule has 0 bridgehead atoms. The van der Waals surface area contributed by atoms with Crippen LogP contribution in [0.15, 0.2) is 182 Å². The molecule has 0 fully saturated rings. The Morgan fingerprint density at radius 3 is 1.76 bits per heavy atom. The Bertz CT molecular complexity index is 2930. The first-order chi connectivity index (χ1) is 25.3.